The number of morpholine rings is 1. The van der Waals surface area contributed by atoms with Crippen LogP contribution in [0.25, 0.3) is 6.08 Å². The molecule has 2 saturated heterocycles. The molecule has 0 radical (unpaired) electrons. The smallest absolute Gasteiger partial charge is 0.270 e. The molecule has 0 N–H and O–H groups in total. The number of hydrogen-bond acceptors (Lipinski definition) is 7. The van der Waals surface area contributed by atoms with Crippen LogP contribution in [0.4, 0.5) is 5.82 Å². The third-order valence-corrected chi connectivity index (χ3v) is 7.07. The van der Waals surface area contributed by atoms with E-state index in [1.54, 1.807) is 16.4 Å². The van der Waals surface area contributed by atoms with E-state index in [0.717, 1.165) is 24.2 Å². The third kappa shape index (κ3) is 4.43. The van der Waals surface area contributed by atoms with Crippen molar-refractivity contribution in [3.05, 3.63) is 31.9 Å². The number of pyridine rings is 1. The largest absolute Gasteiger partial charge is 0.378 e. The summed E-state index contributed by atoms with van der Waals surface area (Å²) in [4.78, 5) is 30.6. The van der Waals surface area contributed by atoms with Crippen LogP contribution >= 0.6 is 24.0 Å². The predicted molar refractivity (Wildman–Crippen MR) is 128 cm³/mol. The van der Waals surface area contributed by atoms with E-state index in [1.165, 1.54) is 11.8 Å². The van der Waals surface area contributed by atoms with Gasteiger partial charge in [-0.05, 0) is 38.3 Å². The van der Waals surface area contributed by atoms with Crippen LogP contribution < -0.4 is 10.5 Å². The summed E-state index contributed by atoms with van der Waals surface area (Å²) in [5.41, 5.74) is 1.16. The van der Waals surface area contributed by atoms with E-state index in [9.17, 15) is 14.9 Å². The number of anilines is 1. The van der Waals surface area contributed by atoms with Gasteiger partial charge >= 0.3 is 0 Å². The Kier molecular flexibility index (Phi) is 7.57. The van der Waals surface area contributed by atoms with E-state index in [4.69, 9.17) is 17.0 Å². The lowest BCUT2D eigenvalue weighted by molar-refractivity contribution is -0.123. The van der Waals surface area contributed by atoms with E-state index in [2.05, 4.69) is 11.0 Å². The zero-order chi connectivity index (χ0) is 22.7. The van der Waals surface area contributed by atoms with Crippen LogP contribution in [0.15, 0.2) is 9.70 Å². The van der Waals surface area contributed by atoms with E-state index in [0.29, 0.717) is 47.6 Å². The molecule has 0 bridgehead atoms. The fourth-order valence-electron chi connectivity index (χ4n) is 3.86. The third-order valence-electron chi connectivity index (χ3n) is 5.73. The second kappa shape index (κ2) is 9.98. The maximum atomic E-state index is 13.1. The van der Waals surface area contributed by atoms with Gasteiger partial charge in [0.15, 0.2) is 0 Å². The number of carbonyl (C=O) groups excluding carboxylic acids is 1. The topological polar surface area (TPSA) is 78.6 Å². The molecule has 3 heterocycles. The van der Waals surface area contributed by atoms with Crippen molar-refractivity contribution in [2.45, 2.75) is 53.1 Å². The molecule has 2 aliphatic rings. The summed E-state index contributed by atoms with van der Waals surface area (Å²) in [5, 5.41) is 9.70. The Hall–Kier alpha value is -2.15. The maximum absolute atomic E-state index is 13.1. The first-order valence-electron chi connectivity index (χ1n) is 10.6. The summed E-state index contributed by atoms with van der Waals surface area (Å²) in [7, 11) is 0. The van der Waals surface area contributed by atoms with Crippen LogP contribution in [0.3, 0.4) is 0 Å². The van der Waals surface area contributed by atoms with Crippen molar-refractivity contribution in [3.8, 4) is 6.07 Å². The molecule has 9 heteroatoms. The highest BCUT2D eigenvalue weighted by Gasteiger charge is 2.35. The molecule has 31 heavy (non-hydrogen) atoms. The first-order chi connectivity index (χ1) is 14.8. The summed E-state index contributed by atoms with van der Waals surface area (Å²) in [6.07, 6.45) is 3.37. The molecule has 2 fully saturated rings. The van der Waals surface area contributed by atoms with Crippen molar-refractivity contribution in [3.63, 3.8) is 0 Å². The number of carbonyl (C=O) groups is 1. The second-order valence-electron chi connectivity index (χ2n) is 7.71. The van der Waals surface area contributed by atoms with Gasteiger partial charge in [0, 0.05) is 31.2 Å². The molecule has 166 valence electrons. The minimum Gasteiger partial charge on any atom is -0.378 e. The van der Waals surface area contributed by atoms with Crippen LogP contribution in [-0.4, -0.2) is 52.0 Å². The second-order valence-corrected chi connectivity index (χ2v) is 9.39. The first-order valence-corrected chi connectivity index (χ1v) is 11.8. The molecule has 0 aliphatic carbocycles. The lowest BCUT2D eigenvalue weighted by atomic mass is 10.0. The molecule has 3 rings (SSSR count). The Morgan fingerprint density at radius 1 is 1.29 bits per heavy atom. The fraction of sp³-hybridized carbons (Fsp3) is 0.545. The average molecular weight is 461 g/mol. The maximum Gasteiger partial charge on any atom is 0.270 e. The van der Waals surface area contributed by atoms with Crippen molar-refractivity contribution < 1.29 is 9.53 Å². The molecule has 0 spiro atoms. The van der Waals surface area contributed by atoms with Crippen LogP contribution in [0.1, 0.15) is 50.3 Å². The Bertz CT molecular complexity index is 1020. The molecular formula is C22H28N4O3S2. The molecular weight excluding hydrogens is 432 g/mol. The monoisotopic (exact) mass is 460 g/mol. The standard InChI is InChI=1S/C22H28N4O3S2/c1-5-7-25-19(24-8-10-29-11-9-24)16(15(4)17(13-23)20(25)27)12-18-21(28)26(14(3)6-2)22(30)31-18/h12,14H,5-11H2,1-4H3/b18-12+. The van der Waals surface area contributed by atoms with Gasteiger partial charge < -0.3 is 9.64 Å². The molecule has 1 aromatic rings. The molecule has 1 unspecified atom stereocenters. The highest BCUT2D eigenvalue weighted by molar-refractivity contribution is 8.26. The lowest BCUT2D eigenvalue weighted by Gasteiger charge is -2.33. The summed E-state index contributed by atoms with van der Waals surface area (Å²) in [5.74, 6) is 0.629. The molecule has 1 amide bonds. The highest BCUT2D eigenvalue weighted by Crippen LogP contribution is 2.37. The van der Waals surface area contributed by atoms with E-state index in [1.807, 2.05) is 26.8 Å². The van der Waals surface area contributed by atoms with Crippen molar-refractivity contribution in [2.24, 2.45) is 0 Å². The van der Waals surface area contributed by atoms with Gasteiger partial charge in [0.2, 0.25) is 0 Å². The summed E-state index contributed by atoms with van der Waals surface area (Å²) >= 11 is 6.75. The molecule has 0 aromatic carbocycles. The molecule has 7 nitrogen and oxygen atoms in total. The van der Waals surface area contributed by atoms with Gasteiger partial charge in [-0.3, -0.25) is 19.1 Å². The quantitative estimate of drug-likeness (QED) is 0.476. The Labute approximate surface area is 192 Å². The number of amides is 1. The van der Waals surface area contributed by atoms with Crippen LogP contribution in [0.5, 0.6) is 0 Å². The lowest BCUT2D eigenvalue weighted by Crippen LogP contribution is -2.41. The number of aromatic nitrogens is 1. The fourth-order valence-corrected chi connectivity index (χ4v) is 5.31. The molecule has 0 saturated carbocycles. The predicted octanol–water partition coefficient (Wildman–Crippen LogP) is 3.27. The number of nitrogens with zero attached hydrogens (tertiary/aromatic N) is 4. The van der Waals surface area contributed by atoms with Crippen molar-refractivity contribution in [1.29, 1.82) is 5.26 Å². The van der Waals surface area contributed by atoms with E-state index < -0.39 is 0 Å². The van der Waals surface area contributed by atoms with Gasteiger partial charge in [0.1, 0.15) is 21.8 Å². The number of rotatable bonds is 6. The molecule has 1 atom stereocenters. The minimum absolute atomic E-state index is 0.0157. The average Bonchev–Trinajstić information content (AvgIpc) is 3.05. The van der Waals surface area contributed by atoms with Crippen molar-refractivity contribution in [2.75, 3.05) is 31.2 Å². The van der Waals surface area contributed by atoms with Gasteiger partial charge in [-0.25, -0.2) is 0 Å². The van der Waals surface area contributed by atoms with Crippen LogP contribution in [-0.2, 0) is 16.1 Å². The van der Waals surface area contributed by atoms with E-state index >= 15 is 0 Å². The SMILES string of the molecule is CCCn1c(N2CCOCC2)c(/C=C2/SC(=S)N(C(C)CC)C2=O)c(C)c(C#N)c1=O. The Balaban J connectivity index is 2.23. The number of ether oxygens (including phenoxy) is 1. The van der Waals surface area contributed by atoms with Gasteiger partial charge in [-0.2, -0.15) is 5.26 Å². The highest BCUT2D eigenvalue weighted by atomic mass is 32.2. The normalized spacial score (nSPS) is 19.3. The van der Waals surface area contributed by atoms with Gasteiger partial charge in [0.25, 0.3) is 11.5 Å². The number of thioether (sulfide) groups is 1. The summed E-state index contributed by atoms with van der Waals surface area (Å²) < 4.78 is 7.72. The van der Waals surface area contributed by atoms with E-state index in [-0.39, 0.29) is 23.1 Å². The first kappa shape index (κ1) is 23.5. The van der Waals surface area contributed by atoms with Gasteiger partial charge in [-0.1, -0.05) is 37.8 Å². The molecule has 1 aromatic heterocycles. The summed E-state index contributed by atoms with van der Waals surface area (Å²) in [6, 6.07) is 2.10. The van der Waals surface area contributed by atoms with Crippen molar-refractivity contribution in [1.82, 2.24) is 9.47 Å². The van der Waals surface area contributed by atoms with Gasteiger partial charge in [0.05, 0.1) is 18.1 Å². The van der Waals surface area contributed by atoms with Crippen LogP contribution in [0.2, 0.25) is 0 Å². The number of thiocarbonyl (C=S) groups is 1. The van der Waals surface area contributed by atoms with Crippen LogP contribution in [0, 0.1) is 18.3 Å². The van der Waals surface area contributed by atoms with Gasteiger partial charge in [-0.15, -0.1) is 0 Å². The Morgan fingerprint density at radius 2 is 1.97 bits per heavy atom. The Morgan fingerprint density at radius 3 is 2.55 bits per heavy atom. The zero-order valence-corrected chi connectivity index (χ0v) is 20.1. The molecule has 2 aliphatic heterocycles. The summed E-state index contributed by atoms with van der Waals surface area (Å²) in [6.45, 7) is 10.7. The number of hydrogen-bond donors (Lipinski definition) is 0. The number of nitriles is 1. The van der Waals surface area contributed by atoms with Crippen molar-refractivity contribution >= 4 is 46.1 Å². The zero-order valence-electron chi connectivity index (χ0n) is 18.4. The minimum atomic E-state index is -0.285.